The van der Waals surface area contributed by atoms with Crippen molar-refractivity contribution in [2.45, 2.75) is 12.3 Å². The number of carbonyl (C=O) groups is 1. The van der Waals surface area contributed by atoms with Crippen molar-refractivity contribution >= 4 is 5.91 Å². The number of rotatable bonds is 3. The molecule has 0 aliphatic carbocycles. The minimum Gasteiger partial charge on any atom is -0.494 e. The molecule has 2 aromatic carbocycles. The van der Waals surface area contributed by atoms with Gasteiger partial charge in [0.05, 0.1) is 7.11 Å². The summed E-state index contributed by atoms with van der Waals surface area (Å²) in [6.07, 6.45) is 0.865. The summed E-state index contributed by atoms with van der Waals surface area (Å²) in [6, 6.07) is 10.2. The van der Waals surface area contributed by atoms with E-state index in [1.165, 1.54) is 19.2 Å². The van der Waals surface area contributed by atoms with Crippen LogP contribution in [0, 0.1) is 5.82 Å². The molecule has 0 bridgehead atoms. The minimum absolute atomic E-state index is 0.135. The maximum Gasteiger partial charge on any atom is 0.253 e. The molecule has 0 aromatic heterocycles. The van der Waals surface area contributed by atoms with E-state index in [0.717, 1.165) is 23.5 Å². The molecule has 2 heterocycles. The number of fused-ring (bicyclic) bond motifs is 1. The highest BCUT2D eigenvalue weighted by atomic mass is 19.1. The monoisotopic (exact) mass is 343 g/mol. The summed E-state index contributed by atoms with van der Waals surface area (Å²) in [6.45, 7) is 1.49. The Morgan fingerprint density at radius 3 is 2.84 bits per heavy atom. The van der Waals surface area contributed by atoms with E-state index in [9.17, 15) is 9.18 Å². The van der Waals surface area contributed by atoms with Crippen molar-refractivity contribution in [3.63, 3.8) is 0 Å². The SMILES string of the molecule is COc1ccc(C(=O)N2CCC(c3ccc4c(c3)OCO4)C2)cc1F. The number of halogens is 1. The molecule has 2 aliphatic heterocycles. The Balaban J connectivity index is 1.48. The predicted octanol–water partition coefficient (Wildman–Crippen LogP) is 3.19. The maximum atomic E-state index is 13.8. The lowest BCUT2D eigenvalue weighted by molar-refractivity contribution is 0.0790. The van der Waals surface area contributed by atoms with Crippen LogP contribution < -0.4 is 14.2 Å². The fourth-order valence-corrected chi connectivity index (χ4v) is 3.37. The van der Waals surface area contributed by atoms with Crippen LogP contribution in [0.2, 0.25) is 0 Å². The third-order valence-corrected chi connectivity index (χ3v) is 4.74. The zero-order valence-electron chi connectivity index (χ0n) is 13.8. The Hall–Kier alpha value is -2.76. The van der Waals surface area contributed by atoms with E-state index in [-0.39, 0.29) is 24.4 Å². The van der Waals surface area contributed by atoms with Crippen molar-refractivity contribution in [3.05, 3.63) is 53.3 Å². The highest BCUT2D eigenvalue weighted by Gasteiger charge is 2.29. The van der Waals surface area contributed by atoms with Crippen LogP contribution >= 0.6 is 0 Å². The number of amides is 1. The second-order valence-electron chi connectivity index (χ2n) is 6.20. The Labute approximate surface area is 144 Å². The van der Waals surface area contributed by atoms with Crippen molar-refractivity contribution in [1.29, 1.82) is 0 Å². The summed E-state index contributed by atoms with van der Waals surface area (Å²) < 4.78 is 29.5. The Morgan fingerprint density at radius 2 is 2.04 bits per heavy atom. The van der Waals surface area contributed by atoms with Crippen molar-refractivity contribution < 1.29 is 23.4 Å². The molecule has 2 aliphatic rings. The number of nitrogens with zero attached hydrogens (tertiary/aromatic N) is 1. The summed E-state index contributed by atoms with van der Waals surface area (Å²) in [5.41, 5.74) is 1.46. The summed E-state index contributed by atoms with van der Waals surface area (Å²) >= 11 is 0. The van der Waals surface area contributed by atoms with Crippen LogP contribution in [0.25, 0.3) is 0 Å². The highest BCUT2D eigenvalue weighted by molar-refractivity contribution is 5.94. The predicted molar refractivity (Wildman–Crippen MR) is 88.8 cm³/mol. The van der Waals surface area contributed by atoms with Crippen molar-refractivity contribution in [2.24, 2.45) is 0 Å². The second kappa shape index (κ2) is 6.27. The van der Waals surface area contributed by atoms with E-state index in [2.05, 4.69) is 0 Å². The van der Waals surface area contributed by atoms with Gasteiger partial charge in [-0.3, -0.25) is 4.79 Å². The summed E-state index contributed by atoms with van der Waals surface area (Å²) in [4.78, 5) is 14.4. The van der Waals surface area contributed by atoms with Gasteiger partial charge in [0.15, 0.2) is 23.1 Å². The fraction of sp³-hybridized carbons (Fsp3) is 0.316. The van der Waals surface area contributed by atoms with Gasteiger partial charge in [-0.05, 0) is 42.3 Å². The number of methoxy groups -OCH3 is 1. The minimum atomic E-state index is -0.528. The molecule has 4 rings (SSSR count). The van der Waals surface area contributed by atoms with Gasteiger partial charge in [0.1, 0.15) is 0 Å². The van der Waals surface area contributed by atoms with Crippen LogP contribution in [0.5, 0.6) is 17.2 Å². The van der Waals surface area contributed by atoms with Gasteiger partial charge in [0.25, 0.3) is 5.91 Å². The van der Waals surface area contributed by atoms with Crippen LogP contribution in [-0.2, 0) is 0 Å². The fourth-order valence-electron chi connectivity index (χ4n) is 3.37. The second-order valence-corrected chi connectivity index (χ2v) is 6.20. The van der Waals surface area contributed by atoms with E-state index in [4.69, 9.17) is 14.2 Å². The maximum absolute atomic E-state index is 13.8. The first kappa shape index (κ1) is 15.7. The van der Waals surface area contributed by atoms with Gasteiger partial charge in [0, 0.05) is 24.6 Å². The molecule has 1 amide bonds. The molecule has 6 heteroatoms. The molecule has 0 spiro atoms. The molecular formula is C19H18FNO4. The first-order chi connectivity index (χ1) is 12.2. The van der Waals surface area contributed by atoms with E-state index >= 15 is 0 Å². The molecular weight excluding hydrogens is 325 g/mol. The molecule has 130 valence electrons. The highest BCUT2D eigenvalue weighted by Crippen LogP contribution is 2.37. The standard InChI is InChI=1S/C19H18FNO4/c1-23-16-4-3-13(8-15(16)20)19(22)21-7-6-14(10-21)12-2-5-17-18(9-12)25-11-24-17/h2-5,8-9,14H,6-7,10-11H2,1H3. The van der Waals surface area contributed by atoms with Crippen molar-refractivity contribution in [2.75, 3.05) is 27.0 Å². The first-order valence-corrected chi connectivity index (χ1v) is 8.18. The van der Waals surface area contributed by atoms with Gasteiger partial charge < -0.3 is 19.1 Å². The van der Waals surface area contributed by atoms with E-state index in [1.807, 2.05) is 18.2 Å². The Morgan fingerprint density at radius 1 is 1.20 bits per heavy atom. The van der Waals surface area contributed by atoms with Crippen LogP contribution in [0.15, 0.2) is 36.4 Å². The number of ether oxygens (including phenoxy) is 3. The van der Waals surface area contributed by atoms with Gasteiger partial charge in [-0.1, -0.05) is 6.07 Å². The van der Waals surface area contributed by atoms with Crippen LogP contribution in [0.1, 0.15) is 28.3 Å². The third-order valence-electron chi connectivity index (χ3n) is 4.74. The number of benzene rings is 2. The van der Waals surface area contributed by atoms with E-state index in [1.54, 1.807) is 11.0 Å². The quantitative estimate of drug-likeness (QED) is 0.859. The summed E-state index contributed by atoms with van der Waals surface area (Å²) in [7, 11) is 1.40. The Kier molecular flexibility index (Phi) is 3.95. The van der Waals surface area contributed by atoms with Gasteiger partial charge in [-0.25, -0.2) is 4.39 Å². The van der Waals surface area contributed by atoms with Crippen LogP contribution in [0.3, 0.4) is 0 Å². The zero-order valence-corrected chi connectivity index (χ0v) is 13.8. The number of likely N-dealkylation sites (tertiary alicyclic amines) is 1. The van der Waals surface area contributed by atoms with Crippen molar-refractivity contribution in [3.8, 4) is 17.2 Å². The van der Waals surface area contributed by atoms with E-state index < -0.39 is 5.82 Å². The normalized spacial score (nSPS) is 18.5. The lowest BCUT2D eigenvalue weighted by Gasteiger charge is -2.17. The van der Waals surface area contributed by atoms with Gasteiger partial charge in [-0.2, -0.15) is 0 Å². The molecule has 1 saturated heterocycles. The molecule has 1 fully saturated rings. The van der Waals surface area contributed by atoms with E-state index in [0.29, 0.717) is 18.7 Å². The molecule has 5 nitrogen and oxygen atoms in total. The average molecular weight is 343 g/mol. The smallest absolute Gasteiger partial charge is 0.253 e. The molecule has 1 atom stereocenters. The summed E-state index contributed by atoms with van der Waals surface area (Å²) in [5, 5.41) is 0. The number of carbonyl (C=O) groups excluding carboxylic acids is 1. The zero-order chi connectivity index (χ0) is 17.4. The van der Waals surface area contributed by atoms with Gasteiger partial charge in [0.2, 0.25) is 6.79 Å². The Bertz CT molecular complexity index is 823. The first-order valence-electron chi connectivity index (χ1n) is 8.18. The lowest BCUT2D eigenvalue weighted by Crippen LogP contribution is -2.28. The average Bonchev–Trinajstić information content (AvgIpc) is 3.29. The lowest BCUT2D eigenvalue weighted by atomic mass is 9.98. The van der Waals surface area contributed by atoms with Crippen LogP contribution in [0.4, 0.5) is 4.39 Å². The molecule has 0 N–H and O–H groups in total. The van der Waals surface area contributed by atoms with Gasteiger partial charge >= 0.3 is 0 Å². The molecule has 0 radical (unpaired) electrons. The molecule has 25 heavy (non-hydrogen) atoms. The third kappa shape index (κ3) is 2.88. The summed E-state index contributed by atoms with van der Waals surface area (Å²) in [5.74, 6) is 1.19. The molecule has 0 saturated carbocycles. The largest absolute Gasteiger partial charge is 0.494 e. The topological polar surface area (TPSA) is 48.0 Å². The molecule has 2 aromatic rings. The van der Waals surface area contributed by atoms with Gasteiger partial charge in [-0.15, -0.1) is 0 Å². The number of hydrogen-bond donors (Lipinski definition) is 0. The van der Waals surface area contributed by atoms with Crippen molar-refractivity contribution in [1.82, 2.24) is 4.90 Å². The molecule has 1 unspecified atom stereocenters. The van der Waals surface area contributed by atoms with Crippen LogP contribution in [-0.4, -0.2) is 37.8 Å². The number of hydrogen-bond acceptors (Lipinski definition) is 4.